The van der Waals surface area contributed by atoms with Gasteiger partial charge in [-0.3, -0.25) is 0 Å². The molecule has 0 amide bonds. The number of benzene rings is 3. The Kier molecular flexibility index (Phi) is 6.92. The third-order valence-electron chi connectivity index (χ3n) is 4.18. The molecule has 168 valence electrons. The van der Waals surface area contributed by atoms with E-state index >= 15 is 0 Å². The van der Waals surface area contributed by atoms with E-state index in [4.69, 9.17) is 9.47 Å². The molecule has 3 aromatic rings. The third-order valence-corrected chi connectivity index (χ3v) is 4.18. The van der Waals surface area contributed by atoms with Gasteiger partial charge >= 0.3 is 12.6 Å². The normalized spacial score (nSPS) is 11.4. The zero-order valence-electron chi connectivity index (χ0n) is 16.3. The zero-order valence-corrected chi connectivity index (χ0v) is 16.3. The maximum atomic E-state index is 14.3. The van der Waals surface area contributed by atoms with Crippen LogP contribution in [-0.2, 0) is 0 Å². The van der Waals surface area contributed by atoms with Crippen LogP contribution in [0.25, 0.3) is 10.8 Å². The number of esters is 1. The van der Waals surface area contributed by atoms with Gasteiger partial charge in [0.05, 0.1) is 0 Å². The first-order chi connectivity index (χ1) is 15.2. The van der Waals surface area contributed by atoms with Gasteiger partial charge in [0.1, 0.15) is 35.3 Å². The Labute approximate surface area is 177 Å². The second kappa shape index (κ2) is 9.63. The molecule has 0 heterocycles. The van der Waals surface area contributed by atoms with Crippen molar-refractivity contribution in [3.63, 3.8) is 0 Å². The van der Waals surface area contributed by atoms with Crippen LogP contribution in [0.1, 0.15) is 17.3 Å². The van der Waals surface area contributed by atoms with Crippen LogP contribution in [0.3, 0.4) is 0 Å². The number of hydrogen-bond donors (Lipinski definition) is 0. The van der Waals surface area contributed by atoms with Gasteiger partial charge in [0.2, 0.25) is 0 Å². The Hall–Kier alpha value is -3.69. The highest BCUT2D eigenvalue weighted by atomic mass is 19.3. The summed E-state index contributed by atoms with van der Waals surface area (Å²) in [6, 6.07) is 5.34. The molecule has 0 unspecified atom stereocenters. The van der Waals surface area contributed by atoms with Gasteiger partial charge in [0.25, 0.3) is 0 Å². The van der Waals surface area contributed by atoms with E-state index < -0.39 is 47.2 Å². The standard InChI is InChI=1S/C22H14F6O4/c1-2-3-6-30-13-9-15(23)18(16(24)10-13)21(29)31-12-4-5-14-11(7-12)8-17(25)20(19(14)26)32-22(27)28/h2-5,7-10,22H,6H2,1H3. The summed E-state index contributed by atoms with van der Waals surface area (Å²) >= 11 is 0. The molecule has 0 saturated heterocycles. The molecule has 0 bridgehead atoms. The van der Waals surface area contributed by atoms with Crippen molar-refractivity contribution in [2.45, 2.75) is 13.5 Å². The molecule has 0 radical (unpaired) electrons. The first-order valence-corrected chi connectivity index (χ1v) is 9.03. The van der Waals surface area contributed by atoms with Crippen molar-refractivity contribution in [3.8, 4) is 17.2 Å². The molecular weight excluding hydrogens is 442 g/mol. The zero-order chi connectivity index (χ0) is 23.4. The molecule has 0 aliphatic heterocycles. The molecule has 0 N–H and O–H groups in total. The molecule has 4 nitrogen and oxygen atoms in total. The smallest absolute Gasteiger partial charge is 0.387 e. The van der Waals surface area contributed by atoms with Crippen molar-refractivity contribution in [2.75, 3.05) is 6.61 Å². The minimum absolute atomic E-state index is 0.0629. The predicted octanol–water partition coefficient (Wildman–Crippen LogP) is 6.17. The topological polar surface area (TPSA) is 44.8 Å². The van der Waals surface area contributed by atoms with E-state index in [1.165, 1.54) is 0 Å². The maximum Gasteiger partial charge on any atom is 0.387 e. The number of hydrogen-bond acceptors (Lipinski definition) is 4. The lowest BCUT2D eigenvalue weighted by atomic mass is 10.1. The summed E-state index contributed by atoms with van der Waals surface area (Å²) in [5, 5.41) is -0.470. The molecule has 0 spiro atoms. The lowest BCUT2D eigenvalue weighted by Crippen LogP contribution is -2.13. The minimum atomic E-state index is -3.44. The van der Waals surface area contributed by atoms with E-state index in [9.17, 15) is 31.1 Å². The lowest BCUT2D eigenvalue weighted by molar-refractivity contribution is -0.0544. The van der Waals surface area contributed by atoms with Crippen LogP contribution in [0.4, 0.5) is 26.3 Å². The third kappa shape index (κ3) is 4.96. The Balaban J connectivity index is 1.87. The van der Waals surface area contributed by atoms with Crippen molar-refractivity contribution < 1.29 is 45.3 Å². The van der Waals surface area contributed by atoms with Crippen LogP contribution < -0.4 is 14.2 Å². The molecule has 0 fully saturated rings. The Bertz CT molecular complexity index is 1170. The Morgan fingerprint density at radius 2 is 1.66 bits per heavy atom. The summed E-state index contributed by atoms with van der Waals surface area (Å²) < 4.78 is 95.3. The highest BCUT2D eigenvalue weighted by molar-refractivity contribution is 5.93. The van der Waals surface area contributed by atoms with Gasteiger partial charge in [-0.25, -0.2) is 22.4 Å². The number of carbonyl (C=O) groups is 1. The average molecular weight is 456 g/mol. The van der Waals surface area contributed by atoms with E-state index in [-0.39, 0.29) is 28.9 Å². The first-order valence-electron chi connectivity index (χ1n) is 9.03. The van der Waals surface area contributed by atoms with Crippen molar-refractivity contribution in [3.05, 3.63) is 77.4 Å². The van der Waals surface area contributed by atoms with Gasteiger partial charge in [-0.1, -0.05) is 12.2 Å². The summed E-state index contributed by atoms with van der Waals surface area (Å²) in [7, 11) is 0. The average Bonchev–Trinajstić information content (AvgIpc) is 2.70. The van der Waals surface area contributed by atoms with Gasteiger partial charge in [0, 0.05) is 17.5 Å². The van der Waals surface area contributed by atoms with Gasteiger partial charge in [0.15, 0.2) is 17.4 Å². The number of alkyl halides is 2. The molecular formula is C22H14F6O4. The van der Waals surface area contributed by atoms with Crippen LogP contribution in [0.5, 0.6) is 17.2 Å². The number of rotatable bonds is 7. The van der Waals surface area contributed by atoms with Crippen LogP contribution in [0.2, 0.25) is 0 Å². The van der Waals surface area contributed by atoms with Crippen LogP contribution >= 0.6 is 0 Å². The second-order valence-electron chi connectivity index (χ2n) is 6.29. The number of ether oxygens (including phenoxy) is 3. The molecule has 32 heavy (non-hydrogen) atoms. The second-order valence-corrected chi connectivity index (χ2v) is 6.29. The fraction of sp³-hybridized carbons (Fsp3) is 0.136. The maximum absolute atomic E-state index is 14.3. The fourth-order valence-electron chi connectivity index (χ4n) is 2.78. The van der Waals surface area contributed by atoms with Gasteiger partial charge in [-0.15, -0.1) is 0 Å². The van der Waals surface area contributed by atoms with E-state index in [1.807, 2.05) is 0 Å². The number of halogens is 6. The van der Waals surface area contributed by atoms with Crippen LogP contribution in [0, 0.1) is 23.3 Å². The SMILES string of the molecule is CC=CCOc1cc(F)c(C(=O)Oc2ccc3c(F)c(OC(F)F)c(F)cc3c2)c(F)c1. The predicted molar refractivity (Wildman–Crippen MR) is 102 cm³/mol. The number of carbonyl (C=O) groups excluding carboxylic acids is 1. The molecule has 3 rings (SSSR count). The van der Waals surface area contributed by atoms with Crippen molar-refractivity contribution in [1.82, 2.24) is 0 Å². The summed E-state index contributed by atoms with van der Waals surface area (Å²) in [6.45, 7) is -1.65. The van der Waals surface area contributed by atoms with Crippen molar-refractivity contribution in [1.29, 1.82) is 0 Å². The number of fused-ring (bicyclic) bond motifs is 1. The highest BCUT2D eigenvalue weighted by Crippen LogP contribution is 2.33. The molecule has 0 aromatic heterocycles. The number of allylic oxidation sites excluding steroid dienone is 1. The fourth-order valence-corrected chi connectivity index (χ4v) is 2.78. The molecule has 0 atom stereocenters. The molecule has 0 aliphatic rings. The minimum Gasteiger partial charge on any atom is -0.489 e. The van der Waals surface area contributed by atoms with Crippen LogP contribution in [0.15, 0.2) is 48.6 Å². The molecule has 10 heteroatoms. The van der Waals surface area contributed by atoms with E-state index in [2.05, 4.69) is 4.74 Å². The summed E-state index contributed by atoms with van der Waals surface area (Å²) in [5.41, 5.74) is -0.999. The van der Waals surface area contributed by atoms with Gasteiger partial charge in [-0.05, 0) is 36.6 Å². The largest absolute Gasteiger partial charge is 0.489 e. The summed E-state index contributed by atoms with van der Waals surface area (Å²) in [5.74, 6) is -8.39. The quantitative estimate of drug-likeness (QED) is 0.185. The molecule has 0 aliphatic carbocycles. The molecule has 0 saturated carbocycles. The lowest BCUT2D eigenvalue weighted by Gasteiger charge is -2.11. The van der Waals surface area contributed by atoms with Crippen molar-refractivity contribution >= 4 is 16.7 Å². The van der Waals surface area contributed by atoms with Gasteiger partial charge in [-0.2, -0.15) is 8.78 Å². The summed E-state index contributed by atoms with van der Waals surface area (Å²) in [4.78, 5) is 12.3. The van der Waals surface area contributed by atoms with E-state index in [0.717, 1.165) is 30.3 Å². The van der Waals surface area contributed by atoms with E-state index in [0.29, 0.717) is 6.07 Å². The van der Waals surface area contributed by atoms with E-state index in [1.54, 1.807) is 19.1 Å². The van der Waals surface area contributed by atoms with Gasteiger partial charge < -0.3 is 14.2 Å². The molecule has 3 aromatic carbocycles. The Morgan fingerprint density at radius 3 is 2.28 bits per heavy atom. The van der Waals surface area contributed by atoms with Crippen LogP contribution in [-0.4, -0.2) is 19.2 Å². The first kappa shape index (κ1) is 23.0. The Morgan fingerprint density at radius 1 is 0.969 bits per heavy atom. The highest BCUT2D eigenvalue weighted by Gasteiger charge is 2.23. The monoisotopic (exact) mass is 456 g/mol. The van der Waals surface area contributed by atoms with Crippen molar-refractivity contribution in [2.24, 2.45) is 0 Å². The summed E-state index contributed by atoms with van der Waals surface area (Å²) in [6.07, 6.45) is 3.28.